The van der Waals surface area contributed by atoms with E-state index in [1.54, 1.807) is 0 Å². The summed E-state index contributed by atoms with van der Waals surface area (Å²) in [4.78, 5) is 4.31. The van der Waals surface area contributed by atoms with Crippen molar-refractivity contribution in [2.75, 3.05) is 17.6 Å². The Hall–Kier alpha value is -0.640. The number of rotatable bonds is 4. The fourth-order valence-electron chi connectivity index (χ4n) is 1.95. The average molecular weight is 225 g/mol. The molecule has 3 nitrogen and oxygen atoms in total. The molecule has 1 aromatic heterocycles. The van der Waals surface area contributed by atoms with Crippen molar-refractivity contribution >= 4 is 17.7 Å². The fourth-order valence-corrected chi connectivity index (χ4v) is 3.26. The van der Waals surface area contributed by atoms with Gasteiger partial charge in [-0.05, 0) is 25.5 Å². The summed E-state index contributed by atoms with van der Waals surface area (Å²) in [5.41, 5.74) is 0. The van der Waals surface area contributed by atoms with E-state index in [1.807, 2.05) is 6.20 Å². The number of hydrogen-bond donors (Lipinski definition) is 1. The standard InChI is InChI=1S/C11H19N3S/c1-2-12-11-13-6-7-14(11)9-10-5-3-4-8-15-10/h6-7,10H,2-5,8-9H2,1H3,(H,12,13). The van der Waals surface area contributed by atoms with Crippen LogP contribution in [-0.2, 0) is 6.54 Å². The predicted octanol–water partition coefficient (Wildman–Crippen LogP) is 2.60. The van der Waals surface area contributed by atoms with Gasteiger partial charge < -0.3 is 9.88 Å². The first-order valence-electron chi connectivity index (χ1n) is 5.76. The molecule has 2 heterocycles. The van der Waals surface area contributed by atoms with E-state index in [0.29, 0.717) is 0 Å². The predicted molar refractivity (Wildman–Crippen MR) is 66.5 cm³/mol. The van der Waals surface area contributed by atoms with E-state index in [2.05, 4.69) is 39.8 Å². The minimum atomic E-state index is 0.783. The van der Waals surface area contributed by atoms with Crippen molar-refractivity contribution < 1.29 is 0 Å². The van der Waals surface area contributed by atoms with E-state index < -0.39 is 0 Å². The van der Waals surface area contributed by atoms with Gasteiger partial charge in [-0.1, -0.05) is 6.42 Å². The van der Waals surface area contributed by atoms with E-state index in [-0.39, 0.29) is 0 Å². The lowest BCUT2D eigenvalue weighted by Gasteiger charge is -2.22. The Bertz CT molecular complexity index is 292. The number of aromatic nitrogens is 2. The fraction of sp³-hybridized carbons (Fsp3) is 0.727. The lowest BCUT2D eigenvalue weighted by Crippen LogP contribution is -2.18. The molecule has 1 aliphatic rings. The maximum absolute atomic E-state index is 4.31. The molecule has 1 fully saturated rings. The number of nitrogens with zero attached hydrogens (tertiary/aromatic N) is 2. The van der Waals surface area contributed by atoms with Gasteiger partial charge in [-0.2, -0.15) is 11.8 Å². The molecule has 4 heteroatoms. The van der Waals surface area contributed by atoms with E-state index in [0.717, 1.165) is 24.3 Å². The molecular weight excluding hydrogens is 206 g/mol. The van der Waals surface area contributed by atoms with Gasteiger partial charge in [0.25, 0.3) is 0 Å². The van der Waals surface area contributed by atoms with Crippen LogP contribution in [-0.4, -0.2) is 27.1 Å². The molecule has 1 atom stereocenters. The molecule has 0 saturated carbocycles. The van der Waals surface area contributed by atoms with Crippen LogP contribution in [0.3, 0.4) is 0 Å². The van der Waals surface area contributed by atoms with Crippen LogP contribution in [0.25, 0.3) is 0 Å². The number of imidazole rings is 1. The van der Waals surface area contributed by atoms with Crippen LogP contribution < -0.4 is 5.32 Å². The summed E-state index contributed by atoms with van der Waals surface area (Å²) in [5, 5.41) is 4.07. The highest BCUT2D eigenvalue weighted by Gasteiger charge is 2.15. The molecule has 15 heavy (non-hydrogen) atoms. The van der Waals surface area contributed by atoms with Crippen LogP contribution in [0.4, 0.5) is 5.95 Å². The van der Waals surface area contributed by atoms with Crippen LogP contribution in [0.1, 0.15) is 26.2 Å². The van der Waals surface area contributed by atoms with Crippen LogP contribution >= 0.6 is 11.8 Å². The lowest BCUT2D eigenvalue weighted by molar-refractivity contribution is 0.586. The SMILES string of the molecule is CCNc1nccn1CC1CCCCS1. The van der Waals surface area contributed by atoms with Crippen molar-refractivity contribution in [3.8, 4) is 0 Å². The van der Waals surface area contributed by atoms with E-state index in [1.165, 1.54) is 25.0 Å². The van der Waals surface area contributed by atoms with Crippen LogP contribution in [0, 0.1) is 0 Å². The van der Waals surface area contributed by atoms with Crippen molar-refractivity contribution in [1.82, 2.24) is 9.55 Å². The Morgan fingerprint density at radius 1 is 1.60 bits per heavy atom. The Morgan fingerprint density at radius 3 is 3.27 bits per heavy atom. The van der Waals surface area contributed by atoms with Gasteiger partial charge in [-0.3, -0.25) is 0 Å². The third kappa shape index (κ3) is 2.91. The van der Waals surface area contributed by atoms with Gasteiger partial charge in [0.2, 0.25) is 5.95 Å². The Balaban J connectivity index is 1.93. The molecule has 1 unspecified atom stereocenters. The molecule has 0 amide bonds. The van der Waals surface area contributed by atoms with Gasteiger partial charge in [0, 0.05) is 30.7 Å². The third-order valence-electron chi connectivity index (χ3n) is 2.72. The Labute approximate surface area is 95.7 Å². The first-order chi connectivity index (χ1) is 7.40. The molecule has 84 valence electrons. The summed E-state index contributed by atoms with van der Waals surface area (Å²) >= 11 is 2.11. The first kappa shape index (κ1) is 10.9. The molecule has 1 aromatic rings. The summed E-state index contributed by atoms with van der Waals surface area (Å²) in [6.07, 6.45) is 8.10. The van der Waals surface area contributed by atoms with Crippen LogP contribution in [0.2, 0.25) is 0 Å². The number of anilines is 1. The highest BCUT2D eigenvalue weighted by Crippen LogP contribution is 2.26. The largest absolute Gasteiger partial charge is 0.356 e. The third-order valence-corrected chi connectivity index (χ3v) is 4.11. The summed E-state index contributed by atoms with van der Waals surface area (Å²) in [7, 11) is 0. The maximum Gasteiger partial charge on any atom is 0.202 e. The zero-order valence-electron chi connectivity index (χ0n) is 9.28. The minimum Gasteiger partial charge on any atom is -0.356 e. The molecule has 1 aliphatic heterocycles. The molecule has 0 spiro atoms. The minimum absolute atomic E-state index is 0.783. The first-order valence-corrected chi connectivity index (χ1v) is 6.81. The summed E-state index contributed by atoms with van der Waals surface area (Å²) < 4.78 is 2.24. The van der Waals surface area contributed by atoms with Gasteiger partial charge in [0.15, 0.2) is 0 Å². The molecule has 2 rings (SSSR count). The summed E-state index contributed by atoms with van der Waals surface area (Å²) in [6.45, 7) is 4.15. The highest BCUT2D eigenvalue weighted by atomic mass is 32.2. The van der Waals surface area contributed by atoms with Crippen molar-refractivity contribution in [3.05, 3.63) is 12.4 Å². The molecule has 0 aromatic carbocycles. The second kappa shape index (κ2) is 5.45. The molecule has 0 bridgehead atoms. The monoisotopic (exact) mass is 225 g/mol. The quantitative estimate of drug-likeness (QED) is 0.854. The van der Waals surface area contributed by atoms with Gasteiger partial charge in [-0.15, -0.1) is 0 Å². The zero-order valence-corrected chi connectivity index (χ0v) is 10.1. The molecule has 1 saturated heterocycles. The molecule has 0 aliphatic carbocycles. The second-order valence-corrected chi connectivity index (χ2v) is 5.33. The molecule has 0 radical (unpaired) electrons. The highest BCUT2D eigenvalue weighted by molar-refractivity contribution is 7.99. The average Bonchev–Trinajstić information content (AvgIpc) is 2.68. The summed E-state index contributed by atoms with van der Waals surface area (Å²) in [6, 6.07) is 0. The second-order valence-electron chi connectivity index (χ2n) is 3.92. The smallest absolute Gasteiger partial charge is 0.202 e. The zero-order chi connectivity index (χ0) is 10.5. The Morgan fingerprint density at radius 2 is 2.53 bits per heavy atom. The van der Waals surface area contributed by atoms with Crippen LogP contribution in [0.15, 0.2) is 12.4 Å². The number of nitrogens with one attached hydrogen (secondary N) is 1. The molecular formula is C11H19N3S. The van der Waals surface area contributed by atoms with Gasteiger partial charge in [-0.25, -0.2) is 4.98 Å². The van der Waals surface area contributed by atoms with E-state index >= 15 is 0 Å². The van der Waals surface area contributed by atoms with E-state index in [9.17, 15) is 0 Å². The van der Waals surface area contributed by atoms with Crippen molar-refractivity contribution in [3.63, 3.8) is 0 Å². The topological polar surface area (TPSA) is 29.9 Å². The molecule has 1 N–H and O–H groups in total. The van der Waals surface area contributed by atoms with Gasteiger partial charge >= 0.3 is 0 Å². The normalized spacial score (nSPS) is 21.5. The van der Waals surface area contributed by atoms with Crippen molar-refractivity contribution in [2.45, 2.75) is 38.0 Å². The van der Waals surface area contributed by atoms with Crippen molar-refractivity contribution in [1.29, 1.82) is 0 Å². The maximum atomic E-state index is 4.31. The number of hydrogen-bond acceptors (Lipinski definition) is 3. The number of thioether (sulfide) groups is 1. The van der Waals surface area contributed by atoms with Crippen LogP contribution in [0.5, 0.6) is 0 Å². The van der Waals surface area contributed by atoms with Crippen molar-refractivity contribution in [2.24, 2.45) is 0 Å². The van der Waals surface area contributed by atoms with Gasteiger partial charge in [0.05, 0.1) is 0 Å². The summed E-state index contributed by atoms with van der Waals surface area (Å²) in [5.74, 6) is 2.35. The lowest BCUT2D eigenvalue weighted by atomic mass is 10.2. The Kier molecular flexibility index (Phi) is 3.94. The van der Waals surface area contributed by atoms with Gasteiger partial charge in [0.1, 0.15) is 0 Å². The van der Waals surface area contributed by atoms with E-state index in [4.69, 9.17) is 0 Å².